The number of hydrogen-bond donors (Lipinski definition) is 3. The first-order valence-electron chi connectivity index (χ1n) is 7.01. The van der Waals surface area contributed by atoms with Crippen LogP contribution < -0.4 is 11.1 Å². The molecule has 2 amide bonds. The predicted octanol–water partition coefficient (Wildman–Crippen LogP) is 1.35. The Hall–Kier alpha value is -1.95. The highest BCUT2D eigenvalue weighted by molar-refractivity contribution is 5.99. The zero-order valence-corrected chi connectivity index (χ0v) is 11.7. The Morgan fingerprint density at radius 1 is 1.33 bits per heavy atom. The number of nitrogens with two attached hydrogens (primary N) is 1. The Balaban J connectivity index is 1.97. The summed E-state index contributed by atoms with van der Waals surface area (Å²) in [6.45, 7) is 0.259. The Labute approximate surface area is 122 Å². The summed E-state index contributed by atoms with van der Waals surface area (Å²) >= 11 is 0. The molecule has 1 aliphatic carbocycles. The van der Waals surface area contributed by atoms with Gasteiger partial charge in [-0.1, -0.05) is 12.8 Å². The molecule has 0 spiro atoms. The molecule has 0 aliphatic heterocycles. The molecule has 114 valence electrons. The van der Waals surface area contributed by atoms with Crippen LogP contribution in [0.2, 0.25) is 0 Å². The van der Waals surface area contributed by atoms with Gasteiger partial charge >= 0.3 is 0 Å². The van der Waals surface area contributed by atoms with Crippen LogP contribution in [0.25, 0.3) is 0 Å². The van der Waals surface area contributed by atoms with E-state index in [0.717, 1.165) is 37.8 Å². The summed E-state index contributed by atoms with van der Waals surface area (Å²) < 4.78 is 13.6. The lowest BCUT2D eigenvalue weighted by Gasteiger charge is -2.21. The minimum Gasteiger partial charge on any atom is -0.390 e. The molecule has 0 aromatic heterocycles. The van der Waals surface area contributed by atoms with Crippen molar-refractivity contribution in [3.8, 4) is 0 Å². The van der Waals surface area contributed by atoms with Crippen molar-refractivity contribution < 1.29 is 19.1 Å². The normalized spacial score (nSPS) is 16.7. The number of carbonyl (C=O) groups excluding carboxylic acids is 2. The number of primary amides is 1. The number of carbonyl (C=O) groups is 2. The maximum absolute atomic E-state index is 13.6. The monoisotopic (exact) mass is 294 g/mol. The minimum absolute atomic E-state index is 0.0796. The molecular weight excluding hydrogens is 275 g/mol. The molecule has 1 aromatic carbocycles. The first-order valence-corrected chi connectivity index (χ1v) is 7.01. The molecule has 4 N–H and O–H groups in total. The molecule has 0 atom stereocenters. The highest BCUT2D eigenvalue weighted by atomic mass is 19.1. The van der Waals surface area contributed by atoms with Gasteiger partial charge in [0.05, 0.1) is 11.2 Å². The molecule has 0 saturated heterocycles. The zero-order valence-electron chi connectivity index (χ0n) is 11.7. The van der Waals surface area contributed by atoms with Crippen LogP contribution in [0, 0.1) is 5.82 Å². The fourth-order valence-corrected chi connectivity index (χ4v) is 2.64. The quantitative estimate of drug-likeness (QED) is 0.765. The summed E-state index contributed by atoms with van der Waals surface area (Å²) in [7, 11) is 0. The maximum Gasteiger partial charge on any atom is 0.254 e. The van der Waals surface area contributed by atoms with E-state index in [1.807, 2.05) is 0 Å². The number of benzene rings is 1. The second-order valence-corrected chi connectivity index (χ2v) is 5.50. The first-order chi connectivity index (χ1) is 9.91. The van der Waals surface area contributed by atoms with Gasteiger partial charge in [0.15, 0.2) is 0 Å². The summed E-state index contributed by atoms with van der Waals surface area (Å²) in [4.78, 5) is 23.0. The Kier molecular flexibility index (Phi) is 4.57. The van der Waals surface area contributed by atoms with Crippen LogP contribution in [0.5, 0.6) is 0 Å². The van der Waals surface area contributed by atoms with Crippen LogP contribution in [-0.4, -0.2) is 29.1 Å². The third kappa shape index (κ3) is 3.78. The summed E-state index contributed by atoms with van der Waals surface area (Å²) in [5.41, 5.74) is 4.25. The van der Waals surface area contributed by atoms with E-state index in [1.54, 1.807) is 0 Å². The lowest BCUT2D eigenvalue weighted by molar-refractivity contribution is 0.0389. The second kappa shape index (κ2) is 6.22. The summed E-state index contributed by atoms with van der Waals surface area (Å²) in [6, 6.07) is 3.41. The van der Waals surface area contributed by atoms with Crippen molar-refractivity contribution in [2.24, 2.45) is 5.73 Å². The third-order valence-corrected chi connectivity index (χ3v) is 3.91. The topological polar surface area (TPSA) is 92.4 Å². The number of aliphatic hydroxyl groups is 1. The smallest absolute Gasteiger partial charge is 0.254 e. The van der Waals surface area contributed by atoms with Gasteiger partial charge in [0.2, 0.25) is 5.91 Å². The van der Waals surface area contributed by atoms with Gasteiger partial charge < -0.3 is 16.2 Å². The SMILES string of the molecule is NC(=O)c1ccc(F)c(C(=O)NCCC2(O)CCCC2)c1. The van der Waals surface area contributed by atoms with E-state index in [9.17, 15) is 19.1 Å². The summed E-state index contributed by atoms with van der Waals surface area (Å²) in [5.74, 6) is -2.04. The van der Waals surface area contributed by atoms with Crippen LogP contribution in [0.4, 0.5) is 4.39 Å². The third-order valence-electron chi connectivity index (χ3n) is 3.91. The van der Waals surface area contributed by atoms with Crippen molar-refractivity contribution in [1.29, 1.82) is 0 Å². The second-order valence-electron chi connectivity index (χ2n) is 5.50. The maximum atomic E-state index is 13.6. The zero-order chi connectivity index (χ0) is 15.5. The van der Waals surface area contributed by atoms with Crippen LogP contribution in [0.3, 0.4) is 0 Å². The van der Waals surface area contributed by atoms with Gasteiger partial charge in [-0.05, 0) is 37.5 Å². The van der Waals surface area contributed by atoms with E-state index >= 15 is 0 Å². The number of halogens is 1. The number of rotatable bonds is 5. The standard InChI is InChI=1S/C15H19FN2O3/c16-12-4-3-10(13(17)19)9-11(12)14(20)18-8-7-15(21)5-1-2-6-15/h3-4,9,21H,1-2,5-8H2,(H2,17,19)(H,18,20). The van der Waals surface area contributed by atoms with E-state index < -0.39 is 23.2 Å². The van der Waals surface area contributed by atoms with E-state index in [4.69, 9.17) is 5.73 Å². The van der Waals surface area contributed by atoms with Gasteiger partial charge in [-0.2, -0.15) is 0 Å². The highest BCUT2D eigenvalue weighted by Crippen LogP contribution is 2.31. The van der Waals surface area contributed by atoms with Crippen molar-refractivity contribution in [2.45, 2.75) is 37.7 Å². The molecule has 6 heteroatoms. The predicted molar refractivity (Wildman–Crippen MR) is 75.3 cm³/mol. The molecule has 5 nitrogen and oxygen atoms in total. The molecule has 0 radical (unpaired) electrons. The minimum atomic E-state index is -0.721. The van der Waals surface area contributed by atoms with Gasteiger partial charge in [-0.15, -0.1) is 0 Å². The molecule has 0 heterocycles. The highest BCUT2D eigenvalue weighted by Gasteiger charge is 2.30. The van der Waals surface area contributed by atoms with Gasteiger partial charge in [0, 0.05) is 12.1 Å². The number of hydrogen-bond acceptors (Lipinski definition) is 3. The lowest BCUT2D eigenvalue weighted by Crippen LogP contribution is -2.33. The molecule has 0 unspecified atom stereocenters. The van der Waals surface area contributed by atoms with E-state index in [-0.39, 0.29) is 17.7 Å². The van der Waals surface area contributed by atoms with Crippen LogP contribution in [0.15, 0.2) is 18.2 Å². The Morgan fingerprint density at radius 2 is 2.00 bits per heavy atom. The van der Waals surface area contributed by atoms with Gasteiger partial charge in [-0.25, -0.2) is 4.39 Å². The van der Waals surface area contributed by atoms with Gasteiger partial charge in [0.1, 0.15) is 5.82 Å². The van der Waals surface area contributed by atoms with Crippen molar-refractivity contribution in [3.05, 3.63) is 35.1 Å². The molecule has 1 saturated carbocycles. The first kappa shape index (κ1) is 15.4. The molecule has 1 aliphatic rings. The van der Waals surface area contributed by atoms with Crippen LogP contribution >= 0.6 is 0 Å². The fraction of sp³-hybridized carbons (Fsp3) is 0.467. The summed E-state index contributed by atoms with van der Waals surface area (Å²) in [5, 5.41) is 12.7. The summed E-state index contributed by atoms with van der Waals surface area (Å²) in [6.07, 6.45) is 3.87. The number of nitrogens with one attached hydrogen (secondary N) is 1. The fourth-order valence-electron chi connectivity index (χ4n) is 2.64. The van der Waals surface area contributed by atoms with E-state index in [0.29, 0.717) is 6.42 Å². The van der Waals surface area contributed by atoms with Crippen molar-refractivity contribution in [1.82, 2.24) is 5.32 Å². The van der Waals surface area contributed by atoms with E-state index in [1.165, 1.54) is 6.07 Å². The van der Waals surface area contributed by atoms with Crippen molar-refractivity contribution in [2.75, 3.05) is 6.54 Å². The number of amides is 2. The van der Waals surface area contributed by atoms with E-state index in [2.05, 4.69) is 5.32 Å². The molecule has 1 aromatic rings. The molecule has 1 fully saturated rings. The van der Waals surface area contributed by atoms with Crippen molar-refractivity contribution in [3.63, 3.8) is 0 Å². The molecule has 0 bridgehead atoms. The van der Waals surface area contributed by atoms with Crippen LogP contribution in [-0.2, 0) is 0 Å². The van der Waals surface area contributed by atoms with Crippen LogP contribution in [0.1, 0.15) is 52.8 Å². The molecular formula is C15H19FN2O3. The molecule has 21 heavy (non-hydrogen) atoms. The lowest BCUT2D eigenvalue weighted by atomic mass is 9.98. The largest absolute Gasteiger partial charge is 0.390 e. The molecule has 2 rings (SSSR count). The van der Waals surface area contributed by atoms with Gasteiger partial charge in [-0.3, -0.25) is 9.59 Å². The average molecular weight is 294 g/mol. The Bertz CT molecular complexity index is 554. The Morgan fingerprint density at radius 3 is 2.62 bits per heavy atom. The average Bonchev–Trinajstić information content (AvgIpc) is 2.85. The van der Waals surface area contributed by atoms with Crippen molar-refractivity contribution >= 4 is 11.8 Å². The van der Waals surface area contributed by atoms with Gasteiger partial charge in [0.25, 0.3) is 5.91 Å².